The number of aromatic nitrogens is 1. The SMILES string of the molecule is Cc1nc(CNC(=O)[C@H]2CCCN2S(=O)(=O)c2ccc(F)c(Cl)c2)cs1. The molecule has 3 rings (SSSR count). The molecule has 2 aromatic rings. The van der Waals surface area contributed by atoms with Gasteiger partial charge in [0.25, 0.3) is 0 Å². The molecule has 0 unspecified atom stereocenters. The number of sulfonamides is 1. The van der Waals surface area contributed by atoms with Crippen LogP contribution in [0.1, 0.15) is 23.5 Å². The molecule has 1 aromatic heterocycles. The Morgan fingerprint density at radius 2 is 2.27 bits per heavy atom. The molecule has 1 fully saturated rings. The summed E-state index contributed by atoms with van der Waals surface area (Å²) in [5, 5.41) is 5.21. The van der Waals surface area contributed by atoms with Crippen LogP contribution in [-0.2, 0) is 21.4 Å². The standard InChI is InChI=1S/C16H17ClFN3O3S2/c1-10-20-11(9-25-10)8-19-16(22)15-3-2-6-21(15)26(23,24)12-4-5-14(18)13(17)7-12/h4-5,7,9,15H,2-3,6,8H2,1H3,(H,19,22)/t15-/m1/s1. The Bertz CT molecular complexity index is 933. The first-order valence-electron chi connectivity index (χ1n) is 7.94. The molecule has 1 saturated heterocycles. The Morgan fingerprint density at radius 1 is 1.50 bits per heavy atom. The van der Waals surface area contributed by atoms with Gasteiger partial charge in [-0.1, -0.05) is 11.6 Å². The molecule has 1 atom stereocenters. The van der Waals surface area contributed by atoms with Crippen molar-refractivity contribution in [3.63, 3.8) is 0 Å². The fraction of sp³-hybridized carbons (Fsp3) is 0.375. The number of hydrogen-bond donors (Lipinski definition) is 1. The lowest BCUT2D eigenvalue weighted by molar-refractivity contribution is -0.124. The summed E-state index contributed by atoms with van der Waals surface area (Å²) in [5.41, 5.74) is 0.735. The van der Waals surface area contributed by atoms with E-state index >= 15 is 0 Å². The first-order valence-corrected chi connectivity index (χ1v) is 10.6. The number of benzene rings is 1. The van der Waals surface area contributed by atoms with Crippen molar-refractivity contribution in [3.05, 3.63) is 45.1 Å². The first kappa shape index (κ1) is 19.2. The van der Waals surface area contributed by atoms with Gasteiger partial charge in [0.2, 0.25) is 15.9 Å². The minimum atomic E-state index is -3.94. The van der Waals surface area contributed by atoms with E-state index in [9.17, 15) is 17.6 Å². The molecule has 0 bridgehead atoms. The topological polar surface area (TPSA) is 79.4 Å². The van der Waals surface area contributed by atoms with E-state index < -0.39 is 21.9 Å². The molecule has 2 heterocycles. The second-order valence-corrected chi connectivity index (χ2v) is 9.29. The number of amides is 1. The number of nitrogens with one attached hydrogen (secondary N) is 1. The number of carbonyl (C=O) groups is 1. The third-order valence-corrected chi connectivity index (χ3v) is 7.13. The zero-order valence-electron chi connectivity index (χ0n) is 13.9. The maximum absolute atomic E-state index is 13.3. The number of nitrogens with zero attached hydrogens (tertiary/aromatic N) is 2. The largest absolute Gasteiger partial charge is 0.349 e. The van der Waals surface area contributed by atoms with E-state index in [0.29, 0.717) is 12.8 Å². The van der Waals surface area contributed by atoms with Crippen molar-refractivity contribution in [1.82, 2.24) is 14.6 Å². The molecule has 0 radical (unpaired) electrons. The van der Waals surface area contributed by atoms with Crippen LogP contribution < -0.4 is 5.32 Å². The van der Waals surface area contributed by atoms with E-state index in [-0.39, 0.29) is 28.9 Å². The molecule has 1 aliphatic rings. The summed E-state index contributed by atoms with van der Waals surface area (Å²) >= 11 is 7.18. The average molecular weight is 418 g/mol. The zero-order chi connectivity index (χ0) is 18.9. The van der Waals surface area contributed by atoms with Gasteiger partial charge in [-0.05, 0) is 38.0 Å². The van der Waals surface area contributed by atoms with E-state index in [2.05, 4.69) is 10.3 Å². The van der Waals surface area contributed by atoms with Gasteiger partial charge < -0.3 is 5.32 Å². The van der Waals surface area contributed by atoms with E-state index in [0.717, 1.165) is 33.2 Å². The van der Waals surface area contributed by atoms with E-state index in [1.807, 2.05) is 12.3 Å². The number of halogens is 2. The second-order valence-electron chi connectivity index (χ2n) is 5.93. The van der Waals surface area contributed by atoms with Gasteiger partial charge >= 0.3 is 0 Å². The highest BCUT2D eigenvalue weighted by Gasteiger charge is 2.39. The van der Waals surface area contributed by atoms with Crippen molar-refractivity contribution in [1.29, 1.82) is 0 Å². The van der Waals surface area contributed by atoms with Crippen molar-refractivity contribution in [3.8, 4) is 0 Å². The second kappa shape index (κ2) is 7.59. The predicted molar refractivity (Wildman–Crippen MR) is 97.0 cm³/mol. The van der Waals surface area contributed by atoms with Crippen LogP contribution >= 0.6 is 22.9 Å². The summed E-state index contributed by atoms with van der Waals surface area (Å²) in [6.07, 6.45) is 0.998. The smallest absolute Gasteiger partial charge is 0.243 e. The van der Waals surface area contributed by atoms with Gasteiger partial charge in [0.15, 0.2) is 0 Å². The molecule has 0 aliphatic carbocycles. The van der Waals surface area contributed by atoms with Crippen molar-refractivity contribution >= 4 is 38.9 Å². The monoisotopic (exact) mass is 417 g/mol. The molecule has 1 N–H and O–H groups in total. The molecule has 1 aromatic carbocycles. The van der Waals surface area contributed by atoms with Gasteiger partial charge in [-0.3, -0.25) is 4.79 Å². The molecule has 0 spiro atoms. The molecule has 0 saturated carbocycles. The first-order chi connectivity index (χ1) is 12.3. The van der Waals surface area contributed by atoms with Crippen LogP contribution in [0.15, 0.2) is 28.5 Å². The lowest BCUT2D eigenvalue weighted by Gasteiger charge is -2.23. The average Bonchev–Trinajstić information content (AvgIpc) is 3.24. The summed E-state index contributed by atoms with van der Waals surface area (Å²) in [6.45, 7) is 2.34. The fourth-order valence-electron chi connectivity index (χ4n) is 2.85. The Kier molecular flexibility index (Phi) is 5.61. The summed E-state index contributed by atoms with van der Waals surface area (Å²) in [7, 11) is -3.94. The highest BCUT2D eigenvalue weighted by molar-refractivity contribution is 7.89. The van der Waals surface area contributed by atoms with Gasteiger partial charge in [-0.2, -0.15) is 4.31 Å². The maximum atomic E-state index is 13.3. The zero-order valence-corrected chi connectivity index (χ0v) is 16.3. The van der Waals surface area contributed by atoms with E-state index in [1.54, 1.807) is 0 Å². The maximum Gasteiger partial charge on any atom is 0.243 e. The molecule has 1 aliphatic heterocycles. The minimum Gasteiger partial charge on any atom is -0.349 e. The van der Waals surface area contributed by atoms with Crippen LogP contribution in [0.5, 0.6) is 0 Å². The molecular weight excluding hydrogens is 401 g/mol. The van der Waals surface area contributed by atoms with Gasteiger partial charge in [0, 0.05) is 11.9 Å². The van der Waals surface area contributed by atoms with Crippen LogP contribution in [-0.4, -0.2) is 36.2 Å². The van der Waals surface area contributed by atoms with Crippen molar-refractivity contribution in [2.45, 2.75) is 37.2 Å². The number of thiazole rings is 1. The summed E-state index contributed by atoms with van der Waals surface area (Å²) in [5.74, 6) is -1.06. The molecule has 26 heavy (non-hydrogen) atoms. The number of carbonyl (C=O) groups excluding carboxylic acids is 1. The molecule has 140 valence electrons. The Labute approximate surface area is 160 Å². The number of aryl methyl sites for hydroxylation is 1. The third-order valence-electron chi connectivity index (χ3n) is 4.11. The lowest BCUT2D eigenvalue weighted by atomic mass is 10.2. The molecule has 1 amide bonds. The fourth-order valence-corrected chi connectivity index (χ4v) is 5.39. The van der Waals surface area contributed by atoms with E-state index in [4.69, 9.17) is 11.6 Å². The summed E-state index contributed by atoms with van der Waals surface area (Å²) < 4.78 is 40.2. The lowest BCUT2D eigenvalue weighted by Crippen LogP contribution is -2.45. The van der Waals surface area contributed by atoms with Gasteiger partial charge in [-0.15, -0.1) is 11.3 Å². The van der Waals surface area contributed by atoms with Crippen LogP contribution in [0, 0.1) is 12.7 Å². The quantitative estimate of drug-likeness (QED) is 0.811. The minimum absolute atomic E-state index is 0.126. The molecule has 10 heteroatoms. The van der Waals surface area contributed by atoms with Crippen molar-refractivity contribution in [2.24, 2.45) is 0 Å². The highest BCUT2D eigenvalue weighted by atomic mass is 35.5. The normalized spacial score (nSPS) is 18.2. The number of hydrogen-bond acceptors (Lipinski definition) is 5. The van der Waals surface area contributed by atoms with Crippen molar-refractivity contribution < 1.29 is 17.6 Å². The van der Waals surface area contributed by atoms with Crippen LogP contribution in [0.2, 0.25) is 5.02 Å². The molecule has 6 nitrogen and oxygen atoms in total. The molecular formula is C16H17ClFN3O3S2. The Morgan fingerprint density at radius 3 is 2.92 bits per heavy atom. The Hall–Kier alpha value is -1.55. The number of rotatable bonds is 5. The summed E-state index contributed by atoms with van der Waals surface area (Å²) in [6, 6.07) is 2.42. The van der Waals surface area contributed by atoms with Crippen molar-refractivity contribution in [2.75, 3.05) is 6.54 Å². The predicted octanol–water partition coefficient (Wildman–Crippen LogP) is 2.71. The third kappa shape index (κ3) is 3.90. The van der Waals surface area contributed by atoms with Gasteiger partial charge in [0.05, 0.1) is 27.2 Å². The van der Waals surface area contributed by atoms with Crippen LogP contribution in [0.4, 0.5) is 4.39 Å². The summed E-state index contributed by atoms with van der Waals surface area (Å²) in [4.78, 5) is 16.6. The van der Waals surface area contributed by atoms with Gasteiger partial charge in [0.1, 0.15) is 11.9 Å². The van der Waals surface area contributed by atoms with Crippen LogP contribution in [0.3, 0.4) is 0 Å². The van der Waals surface area contributed by atoms with Gasteiger partial charge in [-0.25, -0.2) is 17.8 Å². The highest BCUT2D eigenvalue weighted by Crippen LogP contribution is 2.28. The Balaban J connectivity index is 1.75. The van der Waals surface area contributed by atoms with E-state index in [1.165, 1.54) is 11.3 Å². The van der Waals surface area contributed by atoms with Crippen LogP contribution in [0.25, 0.3) is 0 Å².